The maximum atomic E-state index is 13.3. The summed E-state index contributed by atoms with van der Waals surface area (Å²) in [6.07, 6.45) is 0.813. The Labute approximate surface area is 166 Å². The highest BCUT2D eigenvalue weighted by Gasteiger charge is 2.25. The van der Waals surface area contributed by atoms with E-state index in [2.05, 4.69) is 5.32 Å². The molecule has 1 aliphatic heterocycles. The predicted octanol–water partition coefficient (Wildman–Crippen LogP) is 4.93. The maximum absolute atomic E-state index is 13.3. The number of hydrogen-bond acceptors (Lipinski definition) is 2. The molecule has 0 fully saturated rings. The molecule has 6 heteroatoms. The predicted molar refractivity (Wildman–Crippen MR) is 108 cm³/mol. The first-order chi connectivity index (χ1) is 13.5. The number of fused-ring (bicyclic) bond motifs is 1. The molecule has 4 rings (SSSR count). The number of para-hydroxylation sites is 1. The van der Waals surface area contributed by atoms with Gasteiger partial charge in [-0.2, -0.15) is 0 Å². The molecule has 0 bridgehead atoms. The first kappa shape index (κ1) is 18.2. The van der Waals surface area contributed by atoms with Gasteiger partial charge in [0.25, 0.3) is 11.8 Å². The Kier molecular flexibility index (Phi) is 4.84. The van der Waals surface area contributed by atoms with E-state index in [9.17, 15) is 14.0 Å². The van der Waals surface area contributed by atoms with Gasteiger partial charge in [-0.3, -0.25) is 9.59 Å². The molecule has 2 amide bonds. The summed E-state index contributed by atoms with van der Waals surface area (Å²) in [7, 11) is 0. The molecule has 3 aromatic rings. The Bertz CT molecular complexity index is 1080. The largest absolute Gasteiger partial charge is 0.322 e. The summed E-state index contributed by atoms with van der Waals surface area (Å²) in [5, 5.41) is 2.59. The summed E-state index contributed by atoms with van der Waals surface area (Å²) in [4.78, 5) is 27.2. The van der Waals surface area contributed by atoms with Crippen molar-refractivity contribution >= 4 is 34.8 Å². The zero-order valence-corrected chi connectivity index (χ0v) is 15.5. The fourth-order valence-electron chi connectivity index (χ4n) is 3.28. The molecule has 140 valence electrons. The van der Waals surface area contributed by atoms with E-state index >= 15 is 0 Å². The second kappa shape index (κ2) is 7.44. The minimum absolute atomic E-state index is 0.0746. The second-order valence-electron chi connectivity index (χ2n) is 6.50. The quantitative estimate of drug-likeness (QED) is 0.684. The highest BCUT2D eigenvalue weighted by Crippen LogP contribution is 2.29. The zero-order valence-electron chi connectivity index (χ0n) is 14.8. The number of hydrogen-bond donors (Lipinski definition) is 1. The van der Waals surface area contributed by atoms with Gasteiger partial charge in [-0.1, -0.05) is 35.9 Å². The number of carbonyl (C=O) groups excluding carboxylic acids is 2. The van der Waals surface area contributed by atoms with Crippen molar-refractivity contribution in [3.8, 4) is 0 Å². The lowest BCUT2D eigenvalue weighted by Gasteiger charge is -2.17. The summed E-state index contributed by atoms with van der Waals surface area (Å²) in [6.45, 7) is 0.614. The Morgan fingerprint density at radius 3 is 2.57 bits per heavy atom. The van der Waals surface area contributed by atoms with Gasteiger partial charge in [0, 0.05) is 29.0 Å². The molecule has 28 heavy (non-hydrogen) atoms. The van der Waals surface area contributed by atoms with Crippen molar-refractivity contribution in [2.75, 3.05) is 16.8 Å². The molecular weight excluding hydrogens is 379 g/mol. The van der Waals surface area contributed by atoms with Crippen molar-refractivity contribution in [3.63, 3.8) is 0 Å². The van der Waals surface area contributed by atoms with Crippen LogP contribution in [0, 0.1) is 5.82 Å². The third-order valence-corrected chi connectivity index (χ3v) is 4.97. The van der Waals surface area contributed by atoms with E-state index in [1.165, 1.54) is 18.2 Å². The average Bonchev–Trinajstić information content (AvgIpc) is 3.14. The van der Waals surface area contributed by atoms with E-state index < -0.39 is 11.7 Å². The molecule has 0 unspecified atom stereocenters. The highest BCUT2D eigenvalue weighted by atomic mass is 35.5. The molecule has 1 aliphatic rings. The molecule has 1 heterocycles. The molecular formula is C22H16ClFN2O2. The standard InChI is InChI=1S/C22H16ClFN2O2/c23-18-13-17(8-9-19(18)24)25-21(27)15-5-3-6-16(12-15)22(28)26-11-10-14-4-1-2-7-20(14)26/h1-9,12-13H,10-11H2,(H,25,27). The molecule has 1 N–H and O–H groups in total. The third kappa shape index (κ3) is 3.49. The molecule has 0 radical (unpaired) electrons. The maximum Gasteiger partial charge on any atom is 0.258 e. The number of halogens is 2. The summed E-state index contributed by atoms with van der Waals surface area (Å²) >= 11 is 5.75. The van der Waals surface area contributed by atoms with E-state index in [0.717, 1.165) is 17.7 Å². The van der Waals surface area contributed by atoms with Crippen molar-refractivity contribution in [1.82, 2.24) is 0 Å². The van der Waals surface area contributed by atoms with Gasteiger partial charge in [0.05, 0.1) is 5.02 Å². The van der Waals surface area contributed by atoms with Crippen LogP contribution in [0.25, 0.3) is 0 Å². The average molecular weight is 395 g/mol. The molecule has 0 saturated carbocycles. The van der Waals surface area contributed by atoms with E-state index in [-0.39, 0.29) is 10.9 Å². The Hall–Kier alpha value is -3.18. The normalized spacial score (nSPS) is 12.6. The van der Waals surface area contributed by atoms with E-state index in [1.807, 2.05) is 24.3 Å². The van der Waals surface area contributed by atoms with Crippen molar-refractivity contribution in [2.24, 2.45) is 0 Å². The number of rotatable bonds is 3. The fraction of sp³-hybridized carbons (Fsp3) is 0.0909. The first-order valence-electron chi connectivity index (χ1n) is 8.79. The van der Waals surface area contributed by atoms with Crippen molar-refractivity contribution in [3.05, 3.63) is 94.3 Å². The Morgan fingerprint density at radius 1 is 0.964 bits per heavy atom. The lowest BCUT2D eigenvalue weighted by molar-refractivity contribution is 0.0989. The number of amides is 2. The molecule has 3 aromatic carbocycles. The third-order valence-electron chi connectivity index (χ3n) is 4.68. The lowest BCUT2D eigenvalue weighted by atomic mass is 10.1. The van der Waals surface area contributed by atoms with Crippen LogP contribution in [0.3, 0.4) is 0 Å². The van der Waals surface area contributed by atoms with E-state index in [4.69, 9.17) is 11.6 Å². The highest BCUT2D eigenvalue weighted by molar-refractivity contribution is 6.31. The van der Waals surface area contributed by atoms with Crippen LogP contribution in [0.15, 0.2) is 66.7 Å². The number of anilines is 2. The molecule has 0 saturated heterocycles. The van der Waals surface area contributed by atoms with Gasteiger partial charge in [-0.05, 0) is 54.4 Å². The summed E-state index contributed by atoms with van der Waals surface area (Å²) in [6, 6.07) is 18.3. The van der Waals surface area contributed by atoms with Crippen LogP contribution in [0.5, 0.6) is 0 Å². The van der Waals surface area contributed by atoms with Crippen LogP contribution in [0.1, 0.15) is 26.3 Å². The smallest absolute Gasteiger partial charge is 0.258 e. The van der Waals surface area contributed by atoms with E-state index in [0.29, 0.717) is 23.4 Å². The van der Waals surface area contributed by atoms with Gasteiger partial charge >= 0.3 is 0 Å². The van der Waals surface area contributed by atoms with Crippen LogP contribution >= 0.6 is 11.6 Å². The molecule has 0 aromatic heterocycles. The van der Waals surface area contributed by atoms with Crippen LogP contribution in [0.4, 0.5) is 15.8 Å². The van der Waals surface area contributed by atoms with Crippen molar-refractivity contribution in [1.29, 1.82) is 0 Å². The number of nitrogens with zero attached hydrogens (tertiary/aromatic N) is 1. The van der Waals surface area contributed by atoms with Gasteiger partial charge in [-0.15, -0.1) is 0 Å². The number of benzene rings is 3. The van der Waals surface area contributed by atoms with Gasteiger partial charge in [0.1, 0.15) is 5.82 Å². The SMILES string of the molecule is O=C(Nc1ccc(F)c(Cl)c1)c1cccc(C(=O)N2CCc3ccccc32)c1. The van der Waals surface area contributed by atoms with Gasteiger partial charge < -0.3 is 10.2 Å². The Balaban J connectivity index is 1.55. The lowest BCUT2D eigenvalue weighted by Crippen LogP contribution is -2.29. The van der Waals surface area contributed by atoms with Crippen molar-refractivity contribution in [2.45, 2.75) is 6.42 Å². The number of carbonyl (C=O) groups is 2. The second-order valence-corrected chi connectivity index (χ2v) is 6.91. The van der Waals surface area contributed by atoms with Crippen LogP contribution < -0.4 is 10.2 Å². The summed E-state index contributed by atoms with van der Waals surface area (Å²) in [5.74, 6) is -1.11. The molecule has 4 nitrogen and oxygen atoms in total. The van der Waals surface area contributed by atoms with Gasteiger partial charge in [0.2, 0.25) is 0 Å². The Morgan fingerprint density at radius 2 is 1.75 bits per heavy atom. The van der Waals surface area contributed by atoms with Gasteiger partial charge in [0.15, 0.2) is 0 Å². The van der Waals surface area contributed by atoms with Gasteiger partial charge in [-0.25, -0.2) is 4.39 Å². The summed E-state index contributed by atoms with van der Waals surface area (Å²) < 4.78 is 13.3. The monoisotopic (exact) mass is 394 g/mol. The number of nitrogens with one attached hydrogen (secondary N) is 1. The van der Waals surface area contributed by atoms with E-state index in [1.54, 1.807) is 29.2 Å². The minimum Gasteiger partial charge on any atom is -0.322 e. The van der Waals surface area contributed by atoms with Crippen LogP contribution in [-0.2, 0) is 6.42 Å². The fourth-order valence-corrected chi connectivity index (χ4v) is 3.46. The van der Waals surface area contributed by atoms with Crippen molar-refractivity contribution < 1.29 is 14.0 Å². The molecule has 0 aliphatic carbocycles. The minimum atomic E-state index is -0.557. The zero-order chi connectivity index (χ0) is 19.7. The first-order valence-corrected chi connectivity index (χ1v) is 9.17. The van der Waals surface area contributed by atoms with Crippen LogP contribution in [-0.4, -0.2) is 18.4 Å². The van der Waals surface area contributed by atoms with Crippen LogP contribution in [0.2, 0.25) is 5.02 Å². The topological polar surface area (TPSA) is 49.4 Å². The molecule has 0 atom stereocenters. The summed E-state index contributed by atoms with van der Waals surface area (Å²) in [5.41, 5.74) is 3.18. The molecule has 0 spiro atoms.